The number of methoxy groups -OCH3 is 1. The molecule has 136 valence electrons. The van der Waals surface area contributed by atoms with Crippen molar-refractivity contribution in [1.29, 1.82) is 0 Å². The smallest absolute Gasteiger partial charge is 0.251 e. The number of carbonyl (C=O) groups excluding carboxylic acids is 2. The number of hydrogen-bond donors (Lipinski definition) is 2. The number of benzene rings is 2. The van der Waals surface area contributed by atoms with E-state index in [0.717, 1.165) is 0 Å². The Morgan fingerprint density at radius 2 is 2.15 bits per heavy atom. The van der Waals surface area contributed by atoms with Gasteiger partial charge in [-0.3, -0.25) is 9.59 Å². The third kappa shape index (κ3) is 3.93. The third-order valence-electron chi connectivity index (χ3n) is 4.25. The van der Waals surface area contributed by atoms with Gasteiger partial charge in [-0.15, -0.1) is 0 Å². The summed E-state index contributed by atoms with van der Waals surface area (Å²) in [4.78, 5) is 26.1. The van der Waals surface area contributed by atoms with Crippen LogP contribution in [0.25, 0.3) is 0 Å². The number of phenolic OH excluding ortho intramolecular Hbond substituents is 1. The first-order valence-corrected chi connectivity index (χ1v) is 8.16. The maximum absolute atomic E-state index is 13.3. The molecule has 0 radical (unpaired) electrons. The molecule has 1 saturated heterocycles. The number of amides is 2. The average molecular weight is 358 g/mol. The van der Waals surface area contributed by atoms with Crippen LogP contribution in [0.5, 0.6) is 11.5 Å². The lowest BCUT2D eigenvalue weighted by molar-refractivity contribution is -0.128. The third-order valence-corrected chi connectivity index (χ3v) is 4.25. The monoisotopic (exact) mass is 358 g/mol. The first-order valence-electron chi connectivity index (χ1n) is 8.16. The summed E-state index contributed by atoms with van der Waals surface area (Å²) in [6, 6.07) is 10.1. The van der Waals surface area contributed by atoms with Gasteiger partial charge >= 0.3 is 0 Å². The molecule has 2 N–H and O–H groups in total. The van der Waals surface area contributed by atoms with E-state index in [-0.39, 0.29) is 47.2 Å². The van der Waals surface area contributed by atoms with Crippen LogP contribution in [-0.4, -0.2) is 41.5 Å². The molecular weight excluding hydrogens is 339 g/mol. The summed E-state index contributed by atoms with van der Waals surface area (Å²) >= 11 is 0. The highest BCUT2D eigenvalue weighted by Gasteiger charge is 2.30. The van der Waals surface area contributed by atoms with Crippen LogP contribution in [0.4, 0.5) is 4.39 Å². The minimum atomic E-state index is -0.381. The lowest BCUT2D eigenvalue weighted by Gasteiger charge is -2.17. The molecular formula is C19H19FN2O4. The first kappa shape index (κ1) is 17.7. The molecule has 3 rings (SSSR count). The van der Waals surface area contributed by atoms with Crippen molar-refractivity contribution in [3.05, 3.63) is 59.4 Å². The van der Waals surface area contributed by atoms with Crippen molar-refractivity contribution >= 4 is 11.8 Å². The van der Waals surface area contributed by atoms with Crippen molar-refractivity contribution in [1.82, 2.24) is 10.2 Å². The largest absolute Gasteiger partial charge is 0.504 e. The predicted octanol–water partition coefficient (Wildman–Crippen LogP) is 2.07. The van der Waals surface area contributed by atoms with Gasteiger partial charge in [-0.2, -0.15) is 0 Å². The molecule has 7 heteroatoms. The number of nitrogens with zero attached hydrogens (tertiary/aromatic N) is 1. The molecule has 6 nitrogen and oxygen atoms in total. The first-order chi connectivity index (χ1) is 12.5. The van der Waals surface area contributed by atoms with E-state index in [2.05, 4.69) is 5.32 Å². The van der Waals surface area contributed by atoms with E-state index >= 15 is 0 Å². The Morgan fingerprint density at radius 1 is 1.35 bits per heavy atom. The van der Waals surface area contributed by atoms with Gasteiger partial charge in [0, 0.05) is 25.1 Å². The van der Waals surface area contributed by atoms with E-state index in [4.69, 9.17) is 4.74 Å². The number of ether oxygens (including phenoxy) is 1. The van der Waals surface area contributed by atoms with Crippen LogP contribution in [0.3, 0.4) is 0 Å². The van der Waals surface area contributed by atoms with E-state index in [0.29, 0.717) is 18.7 Å². The highest BCUT2D eigenvalue weighted by molar-refractivity contribution is 5.95. The summed E-state index contributed by atoms with van der Waals surface area (Å²) in [6.07, 6.45) is 0.184. The van der Waals surface area contributed by atoms with Gasteiger partial charge < -0.3 is 20.1 Å². The molecule has 0 saturated carbocycles. The van der Waals surface area contributed by atoms with Gasteiger partial charge in [0.2, 0.25) is 5.91 Å². The zero-order valence-electron chi connectivity index (χ0n) is 14.2. The Balaban J connectivity index is 1.62. The van der Waals surface area contributed by atoms with Gasteiger partial charge in [0.05, 0.1) is 13.2 Å². The summed E-state index contributed by atoms with van der Waals surface area (Å²) < 4.78 is 18.2. The lowest BCUT2D eigenvalue weighted by atomic mass is 10.1. The van der Waals surface area contributed by atoms with E-state index < -0.39 is 0 Å². The number of likely N-dealkylation sites (tertiary alicyclic amines) is 1. The summed E-state index contributed by atoms with van der Waals surface area (Å²) in [7, 11) is 1.42. The molecule has 2 aromatic rings. The van der Waals surface area contributed by atoms with Gasteiger partial charge in [0.15, 0.2) is 11.5 Å². The Morgan fingerprint density at radius 3 is 2.85 bits per heavy atom. The van der Waals surface area contributed by atoms with Gasteiger partial charge in [-0.1, -0.05) is 12.1 Å². The van der Waals surface area contributed by atoms with Crippen molar-refractivity contribution in [2.75, 3.05) is 13.7 Å². The SMILES string of the molecule is COc1ccc(C(=O)N[C@@H]2CC(=O)N(Cc3cccc(F)c3)C2)cc1O. The van der Waals surface area contributed by atoms with Crippen LogP contribution < -0.4 is 10.1 Å². The van der Waals surface area contributed by atoms with Crippen molar-refractivity contribution in [3.63, 3.8) is 0 Å². The highest BCUT2D eigenvalue weighted by Crippen LogP contribution is 2.26. The maximum Gasteiger partial charge on any atom is 0.251 e. The fraction of sp³-hybridized carbons (Fsp3) is 0.263. The Kier molecular flexibility index (Phi) is 5.06. The van der Waals surface area contributed by atoms with E-state index in [1.807, 2.05) is 0 Å². The Labute approximate surface area is 150 Å². The summed E-state index contributed by atoms with van der Waals surface area (Å²) in [5, 5.41) is 12.6. The topological polar surface area (TPSA) is 78.9 Å². The van der Waals surface area contributed by atoms with E-state index in [1.54, 1.807) is 17.0 Å². The predicted molar refractivity (Wildman–Crippen MR) is 92.3 cm³/mol. The van der Waals surface area contributed by atoms with Crippen LogP contribution in [-0.2, 0) is 11.3 Å². The zero-order chi connectivity index (χ0) is 18.7. The average Bonchev–Trinajstić information content (AvgIpc) is 2.94. The molecule has 1 fully saturated rings. The van der Waals surface area contributed by atoms with Gasteiger partial charge in [-0.05, 0) is 35.9 Å². The van der Waals surface area contributed by atoms with Gasteiger partial charge in [0.25, 0.3) is 5.91 Å². The molecule has 1 atom stereocenters. The highest BCUT2D eigenvalue weighted by atomic mass is 19.1. The number of carbonyl (C=O) groups is 2. The van der Waals surface area contributed by atoms with Crippen LogP contribution in [0.2, 0.25) is 0 Å². The second-order valence-corrected chi connectivity index (χ2v) is 6.17. The minimum absolute atomic E-state index is 0.0999. The quantitative estimate of drug-likeness (QED) is 0.858. The lowest BCUT2D eigenvalue weighted by Crippen LogP contribution is -2.37. The van der Waals surface area contributed by atoms with E-state index in [9.17, 15) is 19.1 Å². The van der Waals surface area contributed by atoms with Crippen molar-refractivity contribution in [2.24, 2.45) is 0 Å². The number of hydrogen-bond acceptors (Lipinski definition) is 4. The Bertz CT molecular complexity index is 840. The zero-order valence-corrected chi connectivity index (χ0v) is 14.2. The molecule has 1 aliphatic heterocycles. The molecule has 2 amide bonds. The minimum Gasteiger partial charge on any atom is -0.504 e. The Hall–Kier alpha value is -3.09. The van der Waals surface area contributed by atoms with Crippen LogP contribution >= 0.6 is 0 Å². The number of halogens is 1. The number of aromatic hydroxyl groups is 1. The van der Waals surface area contributed by atoms with Gasteiger partial charge in [0.1, 0.15) is 5.82 Å². The molecule has 1 heterocycles. The van der Waals surface area contributed by atoms with Crippen LogP contribution in [0.1, 0.15) is 22.3 Å². The normalized spacial score (nSPS) is 16.6. The second kappa shape index (κ2) is 7.43. The molecule has 1 aliphatic rings. The number of rotatable bonds is 5. The fourth-order valence-corrected chi connectivity index (χ4v) is 2.98. The molecule has 2 aromatic carbocycles. The number of nitrogens with one attached hydrogen (secondary N) is 1. The number of phenols is 1. The van der Waals surface area contributed by atoms with Crippen LogP contribution in [0.15, 0.2) is 42.5 Å². The van der Waals surface area contributed by atoms with Crippen molar-refractivity contribution in [3.8, 4) is 11.5 Å². The summed E-state index contributed by atoms with van der Waals surface area (Å²) in [6.45, 7) is 0.648. The fourth-order valence-electron chi connectivity index (χ4n) is 2.98. The molecule has 0 unspecified atom stereocenters. The summed E-state index contributed by atoms with van der Waals surface area (Å²) in [5.74, 6) is -0.682. The molecule has 26 heavy (non-hydrogen) atoms. The molecule has 0 aromatic heterocycles. The van der Waals surface area contributed by atoms with Gasteiger partial charge in [-0.25, -0.2) is 4.39 Å². The van der Waals surface area contributed by atoms with Crippen molar-refractivity contribution in [2.45, 2.75) is 19.0 Å². The maximum atomic E-state index is 13.3. The van der Waals surface area contributed by atoms with E-state index in [1.165, 1.54) is 37.4 Å². The van der Waals surface area contributed by atoms with Crippen molar-refractivity contribution < 1.29 is 23.8 Å². The van der Waals surface area contributed by atoms with Crippen LogP contribution in [0, 0.1) is 5.82 Å². The molecule has 0 aliphatic carbocycles. The summed E-state index contributed by atoms with van der Waals surface area (Å²) in [5.41, 5.74) is 0.977. The molecule has 0 spiro atoms. The standard InChI is InChI=1S/C19H19FN2O4/c1-26-17-6-5-13(8-16(17)23)19(25)21-15-9-18(24)22(11-15)10-12-3-2-4-14(20)7-12/h2-8,15,23H,9-11H2,1H3,(H,21,25)/t15-/m1/s1. The second-order valence-electron chi connectivity index (χ2n) is 6.17. The molecule has 0 bridgehead atoms.